The summed E-state index contributed by atoms with van der Waals surface area (Å²) in [6.45, 7) is 1.99. The Morgan fingerprint density at radius 2 is 1.66 bits per heavy atom. The van der Waals surface area contributed by atoms with Crippen LogP contribution in [0.1, 0.15) is 58.1 Å². The van der Waals surface area contributed by atoms with Gasteiger partial charge in [0.25, 0.3) is 5.91 Å². The summed E-state index contributed by atoms with van der Waals surface area (Å²) in [4.78, 5) is 38.2. The van der Waals surface area contributed by atoms with E-state index >= 15 is 0 Å². The number of benzene rings is 1. The van der Waals surface area contributed by atoms with Gasteiger partial charge in [0.15, 0.2) is 15.6 Å². The Labute approximate surface area is 206 Å². The number of likely N-dealkylation sites (N-methyl/N-ethyl adjacent to an activating group) is 1. The zero-order valence-electron chi connectivity index (χ0n) is 20.6. The van der Waals surface area contributed by atoms with Crippen molar-refractivity contribution >= 4 is 27.4 Å². The molecule has 0 fully saturated rings. The standard InChI is InChI=1S/C26H33N3O5S/c1-17(30)27-10-11-28(2)26(32)25-14-21(15-29(25)3)35(33,34)16-20(31)13-24-22-8-4-6-18(22)12-19-7-5-9-23(19)24/h12,14-15H,4-11,13,16H2,1-3H3,(H,27,30). The zero-order chi connectivity index (χ0) is 25.3. The van der Waals surface area contributed by atoms with Gasteiger partial charge in [-0.2, -0.15) is 0 Å². The molecule has 4 rings (SSSR count). The first-order valence-corrected chi connectivity index (χ1v) is 13.8. The largest absolute Gasteiger partial charge is 0.355 e. The summed E-state index contributed by atoms with van der Waals surface area (Å²) in [6, 6.07) is 3.63. The van der Waals surface area contributed by atoms with Gasteiger partial charge in [0.1, 0.15) is 11.4 Å². The molecule has 9 heteroatoms. The minimum atomic E-state index is -3.89. The van der Waals surface area contributed by atoms with Gasteiger partial charge in [-0.1, -0.05) is 6.07 Å². The van der Waals surface area contributed by atoms with E-state index in [1.165, 1.54) is 50.9 Å². The third kappa shape index (κ3) is 5.34. The Hall–Kier alpha value is -2.94. The van der Waals surface area contributed by atoms with E-state index < -0.39 is 15.6 Å². The summed E-state index contributed by atoms with van der Waals surface area (Å²) < 4.78 is 27.7. The molecule has 188 valence electrons. The normalized spacial score (nSPS) is 14.5. The highest BCUT2D eigenvalue weighted by Crippen LogP contribution is 2.35. The average Bonchev–Trinajstić information content (AvgIpc) is 3.51. The molecule has 1 N–H and O–H groups in total. The fraction of sp³-hybridized carbons (Fsp3) is 0.500. The summed E-state index contributed by atoms with van der Waals surface area (Å²) in [5, 5.41) is 2.63. The molecular weight excluding hydrogens is 466 g/mol. The number of ketones is 1. The molecule has 0 aliphatic heterocycles. The minimum Gasteiger partial charge on any atom is -0.355 e. The summed E-state index contributed by atoms with van der Waals surface area (Å²) in [6.07, 6.45) is 7.67. The highest BCUT2D eigenvalue weighted by Gasteiger charge is 2.28. The quantitative estimate of drug-likeness (QED) is 0.566. The van der Waals surface area contributed by atoms with Crippen molar-refractivity contribution in [2.75, 3.05) is 25.9 Å². The van der Waals surface area contributed by atoms with Crippen LogP contribution in [-0.4, -0.2) is 61.4 Å². The van der Waals surface area contributed by atoms with Crippen LogP contribution >= 0.6 is 0 Å². The number of sulfone groups is 1. The number of aromatic nitrogens is 1. The molecule has 2 amide bonds. The summed E-state index contributed by atoms with van der Waals surface area (Å²) in [5.74, 6) is -1.45. The smallest absolute Gasteiger partial charge is 0.270 e. The van der Waals surface area contributed by atoms with Gasteiger partial charge in [0.2, 0.25) is 5.91 Å². The van der Waals surface area contributed by atoms with Crippen molar-refractivity contribution in [2.24, 2.45) is 7.05 Å². The summed E-state index contributed by atoms with van der Waals surface area (Å²) in [5.41, 5.74) is 6.44. The first-order valence-electron chi connectivity index (χ1n) is 12.1. The van der Waals surface area contributed by atoms with E-state index in [1.807, 2.05) is 0 Å². The molecule has 1 aromatic carbocycles. The van der Waals surface area contributed by atoms with E-state index in [0.29, 0.717) is 6.54 Å². The second kappa shape index (κ2) is 9.97. The molecule has 0 saturated heterocycles. The number of fused-ring (bicyclic) bond motifs is 2. The molecule has 0 spiro atoms. The maximum absolute atomic E-state index is 13.1. The Morgan fingerprint density at radius 1 is 1.03 bits per heavy atom. The first-order chi connectivity index (χ1) is 16.6. The van der Waals surface area contributed by atoms with Gasteiger partial charge in [-0.3, -0.25) is 14.4 Å². The van der Waals surface area contributed by atoms with Crippen molar-refractivity contribution < 1.29 is 22.8 Å². The van der Waals surface area contributed by atoms with Gasteiger partial charge >= 0.3 is 0 Å². The van der Waals surface area contributed by atoms with Gasteiger partial charge in [-0.15, -0.1) is 0 Å². The molecule has 0 atom stereocenters. The van der Waals surface area contributed by atoms with Crippen LogP contribution in [0.2, 0.25) is 0 Å². The van der Waals surface area contributed by atoms with Gasteiger partial charge in [-0.05, 0) is 72.4 Å². The van der Waals surface area contributed by atoms with Crippen LogP contribution in [0, 0.1) is 0 Å². The number of nitrogens with zero attached hydrogens (tertiary/aromatic N) is 2. The van der Waals surface area contributed by atoms with Gasteiger partial charge in [0, 0.05) is 46.7 Å². The van der Waals surface area contributed by atoms with E-state index in [2.05, 4.69) is 11.4 Å². The highest BCUT2D eigenvalue weighted by atomic mass is 32.2. The number of carbonyl (C=O) groups excluding carboxylic acids is 3. The summed E-state index contributed by atoms with van der Waals surface area (Å²) >= 11 is 0. The number of rotatable bonds is 9. The third-order valence-electron chi connectivity index (χ3n) is 7.05. The lowest BCUT2D eigenvalue weighted by atomic mass is 9.91. The van der Waals surface area contributed by atoms with Crippen LogP contribution in [-0.2, 0) is 58.6 Å². The van der Waals surface area contributed by atoms with Crippen LogP contribution in [0.15, 0.2) is 23.2 Å². The number of hydrogen-bond acceptors (Lipinski definition) is 5. The number of nitrogens with one attached hydrogen (secondary N) is 1. The van der Waals surface area contributed by atoms with E-state index in [4.69, 9.17) is 0 Å². The van der Waals surface area contributed by atoms with Crippen LogP contribution in [0.5, 0.6) is 0 Å². The lowest BCUT2D eigenvalue weighted by Crippen LogP contribution is -2.36. The second-order valence-corrected chi connectivity index (χ2v) is 11.7. The molecular formula is C26H33N3O5S. The van der Waals surface area contributed by atoms with E-state index in [-0.39, 0.29) is 41.2 Å². The monoisotopic (exact) mass is 499 g/mol. The Kier molecular flexibility index (Phi) is 7.17. The summed E-state index contributed by atoms with van der Waals surface area (Å²) in [7, 11) is -0.703. The number of hydrogen-bond donors (Lipinski definition) is 1. The topological polar surface area (TPSA) is 106 Å². The van der Waals surface area contributed by atoms with Crippen molar-refractivity contribution in [3.05, 3.63) is 51.8 Å². The van der Waals surface area contributed by atoms with Gasteiger partial charge in [-0.25, -0.2) is 8.42 Å². The van der Waals surface area contributed by atoms with Crippen LogP contribution < -0.4 is 5.32 Å². The number of Topliss-reactive ketones (excluding diaryl/α,β-unsaturated/α-hetero) is 1. The van der Waals surface area contributed by atoms with Crippen molar-refractivity contribution in [3.8, 4) is 0 Å². The fourth-order valence-electron chi connectivity index (χ4n) is 5.31. The molecule has 2 aliphatic carbocycles. The van der Waals surface area contributed by atoms with E-state index in [0.717, 1.165) is 44.1 Å². The van der Waals surface area contributed by atoms with Gasteiger partial charge < -0.3 is 14.8 Å². The first kappa shape index (κ1) is 25.2. The molecule has 1 heterocycles. The van der Waals surface area contributed by atoms with Crippen molar-refractivity contribution in [1.29, 1.82) is 0 Å². The molecule has 2 aliphatic rings. The Balaban J connectivity index is 1.47. The third-order valence-corrected chi connectivity index (χ3v) is 8.69. The molecule has 1 aromatic heterocycles. The number of aryl methyl sites for hydroxylation is 3. The SMILES string of the molecule is CC(=O)NCCN(C)C(=O)c1cc(S(=O)(=O)CC(=O)Cc2c3c(cc4c2CCC4)CCC3)cn1C. The molecule has 0 bridgehead atoms. The molecule has 0 saturated carbocycles. The maximum Gasteiger partial charge on any atom is 0.270 e. The lowest BCUT2D eigenvalue weighted by Gasteiger charge is -2.17. The highest BCUT2D eigenvalue weighted by molar-refractivity contribution is 7.92. The average molecular weight is 500 g/mol. The Bertz CT molecular complexity index is 1260. The lowest BCUT2D eigenvalue weighted by molar-refractivity contribution is -0.119. The van der Waals surface area contributed by atoms with Crippen LogP contribution in [0.4, 0.5) is 0 Å². The van der Waals surface area contributed by atoms with Crippen LogP contribution in [0.25, 0.3) is 0 Å². The molecule has 35 heavy (non-hydrogen) atoms. The second-order valence-electron chi connectivity index (χ2n) is 9.69. The zero-order valence-corrected chi connectivity index (χ0v) is 21.5. The predicted molar refractivity (Wildman–Crippen MR) is 132 cm³/mol. The van der Waals surface area contributed by atoms with Crippen molar-refractivity contribution in [1.82, 2.24) is 14.8 Å². The fourth-order valence-corrected chi connectivity index (χ4v) is 6.61. The van der Waals surface area contributed by atoms with Crippen molar-refractivity contribution in [2.45, 2.75) is 56.8 Å². The van der Waals surface area contributed by atoms with Crippen molar-refractivity contribution in [3.63, 3.8) is 0 Å². The molecule has 2 aromatic rings. The number of amides is 2. The van der Waals surface area contributed by atoms with Gasteiger partial charge in [0.05, 0.1) is 4.90 Å². The van der Waals surface area contributed by atoms with E-state index in [1.54, 1.807) is 14.1 Å². The predicted octanol–water partition coefficient (Wildman–Crippen LogP) is 1.80. The molecule has 0 unspecified atom stereocenters. The Morgan fingerprint density at radius 3 is 2.26 bits per heavy atom. The molecule has 8 nitrogen and oxygen atoms in total. The van der Waals surface area contributed by atoms with Crippen LogP contribution in [0.3, 0.4) is 0 Å². The molecule has 0 radical (unpaired) electrons. The van der Waals surface area contributed by atoms with E-state index in [9.17, 15) is 22.8 Å². The maximum atomic E-state index is 13.1. The minimum absolute atomic E-state index is 0.0320. The number of carbonyl (C=O) groups is 3.